The van der Waals surface area contributed by atoms with Crippen LogP contribution in [-0.2, 0) is 13.6 Å². The second kappa shape index (κ2) is 6.81. The minimum Gasteiger partial charge on any atom is -0.351 e. The van der Waals surface area contributed by atoms with E-state index in [1.807, 2.05) is 38.2 Å². The molecule has 0 unspecified atom stereocenters. The van der Waals surface area contributed by atoms with Crippen LogP contribution in [-0.4, -0.2) is 33.8 Å². The zero-order valence-corrected chi connectivity index (χ0v) is 11.8. The average Bonchev–Trinajstić information content (AvgIpc) is 2.84. The highest BCUT2D eigenvalue weighted by molar-refractivity contribution is 5.94. The van der Waals surface area contributed by atoms with Crippen molar-refractivity contribution in [3.63, 3.8) is 0 Å². The normalized spacial score (nSPS) is 10.5. The Kier molecular flexibility index (Phi) is 4.84. The van der Waals surface area contributed by atoms with Crippen LogP contribution in [0.4, 0.5) is 0 Å². The Labute approximate surface area is 118 Å². The summed E-state index contributed by atoms with van der Waals surface area (Å²) >= 11 is 0. The number of aromatic nitrogens is 3. The fourth-order valence-electron chi connectivity index (χ4n) is 1.75. The highest BCUT2D eigenvalue weighted by Gasteiger charge is 2.04. The Hall–Kier alpha value is -2.21. The zero-order chi connectivity index (χ0) is 14.4. The van der Waals surface area contributed by atoms with Gasteiger partial charge in [0.25, 0.3) is 5.91 Å². The Morgan fingerprint density at radius 2 is 2.00 bits per heavy atom. The molecule has 0 fully saturated rings. The number of hydrogen-bond acceptors (Lipinski definition) is 4. The van der Waals surface area contributed by atoms with Crippen molar-refractivity contribution in [1.82, 2.24) is 25.4 Å². The molecule has 2 rings (SSSR count). The van der Waals surface area contributed by atoms with E-state index in [0.717, 1.165) is 11.4 Å². The Balaban J connectivity index is 1.67. The van der Waals surface area contributed by atoms with Gasteiger partial charge in [-0.3, -0.25) is 9.48 Å². The molecule has 0 saturated carbocycles. The molecule has 0 saturated heterocycles. The number of amides is 1. The number of nitrogens with one attached hydrogen (secondary N) is 2. The van der Waals surface area contributed by atoms with Gasteiger partial charge in [-0.05, 0) is 19.1 Å². The van der Waals surface area contributed by atoms with E-state index in [4.69, 9.17) is 0 Å². The predicted octanol–water partition coefficient (Wildman–Crippen LogP) is 0.643. The molecule has 1 heterocycles. The first kappa shape index (κ1) is 14.2. The van der Waals surface area contributed by atoms with Gasteiger partial charge in [0.2, 0.25) is 0 Å². The first-order valence-electron chi connectivity index (χ1n) is 6.55. The number of aryl methyl sites for hydroxylation is 2. The molecule has 0 spiro atoms. The largest absolute Gasteiger partial charge is 0.351 e. The summed E-state index contributed by atoms with van der Waals surface area (Å²) in [6.45, 7) is 3.89. The molecule has 2 aromatic rings. The lowest BCUT2D eigenvalue weighted by Crippen LogP contribution is -2.32. The summed E-state index contributed by atoms with van der Waals surface area (Å²) in [6.07, 6.45) is 1.52. The van der Waals surface area contributed by atoms with E-state index in [0.29, 0.717) is 25.2 Å². The fourth-order valence-corrected chi connectivity index (χ4v) is 1.75. The molecule has 6 nitrogen and oxygen atoms in total. The van der Waals surface area contributed by atoms with Crippen molar-refractivity contribution in [3.8, 4) is 0 Å². The van der Waals surface area contributed by atoms with Crippen molar-refractivity contribution in [2.45, 2.75) is 13.5 Å². The van der Waals surface area contributed by atoms with Gasteiger partial charge in [-0.15, -0.1) is 0 Å². The first-order valence-corrected chi connectivity index (χ1v) is 6.55. The van der Waals surface area contributed by atoms with E-state index in [1.54, 1.807) is 4.68 Å². The quantitative estimate of drug-likeness (QED) is 0.758. The van der Waals surface area contributed by atoms with E-state index in [2.05, 4.69) is 20.7 Å². The van der Waals surface area contributed by atoms with Gasteiger partial charge >= 0.3 is 0 Å². The van der Waals surface area contributed by atoms with Gasteiger partial charge in [0.1, 0.15) is 12.2 Å². The van der Waals surface area contributed by atoms with Crippen LogP contribution in [0.1, 0.15) is 21.7 Å². The van der Waals surface area contributed by atoms with E-state index in [9.17, 15) is 4.79 Å². The summed E-state index contributed by atoms with van der Waals surface area (Å²) in [4.78, 5) is 15.9. The second-order valence-corrected chi connectivity index (χ2v) is 4.60. The van der Waals surface area contributed by atoms with Gasteiger partial charge in [0, 0.05) is 25.7 Å². The van der Waals surface area contributed by atoms with E-state index in [-0.39, 0.29) is 5.91 Å². The molecule has 0 bridgehead atoms. The molecule has 0 atom stereocenters. The average molecular weight is 273 g/mol. The SMILES string of the molecule is Cc1ccc(C(=O)NCCNCc2ncnn2C)cc1. The minimum atomic E-state index is -0.0505. The molecule has 2 N–H and O–H groups in total. The molecule has 20 heavy (non-hydrogen) atoms. The van der Waals surface area contributed by atoms with Crippen molar-refractivity contribution in [2.24, 2.45) is 7.05 Å². The molecule has 6 heteroatoms. The van der Waals surface area contributed by atoms with Crippen molar-refractivity contribution in [2.75, 3.05) is 13.1 Å². The molecule has 106 valence electrons. The Morgan fingerprint density at radius 1 is 1.25 bits per heavy atom. The van der Waals surface area contributed by atoms with Gasteiger partial charge < -0.3 is 10.6 Å². The number of rotatable bonds is 6. The van der Waals surface area contributed by atoms with Gasteiger partial charge in [0.15, 0.2) is 0 Å². The minimum absolute atomic E-state index is 0.0505. The lowest BCUT2D eigenvalue weighted by atomic mass is 10.1. The third-order valence-corrected chi connectivity index (χ3v) is 2.99. The molecule has 1 aromatic carbocycles. The van der Waals surface area contributed by atoms with Crippen LogP contribution in [0.2, 0.25) is 0 Å². The smallest absolute Gasteiger partial charge is 0.251 e. The summed E-state index contributed by atoms with van der Waals surface area (Å²) in [5.41, 5.74) is 1.83. The lowest BCUT2D eigenvalue weighted by molar-refractivity contribution is 0.0954. The van der Waals surface area contributed by atoms with Crippen LogP contribution in [0.5, 0.6) is 0 Å². The Bertz CT molecular complexity index is 561. The second-order valence-electron chi connectivity index (χ2n) is 4.60. The highest BCUT2D eigenvalue weighted by atomic mass is 16.1. The predicted molar refractivity (Wildman–Crippen MR) is 76.2 cm³/mol. The molecule has 0 aliphatic carbocycles. The number of hydrogen-bond donors (Lipinski definition) is 2. The molecule has 1 aromatic heterocycles. The standard InChI is InChI=1S/C14H19N5O/c1-11-3-5-12(6-4-11)14(20)16-8-7-15-9-13-17-10-18-19(13)2/h3-6,10,15H,7-9H2,1-2H3,(H,16,20). The third-order valence-electron chi connectivity index (χ3n) is 2.99. The third kappa shape index (κ3) is 3.89. The summed E-state index contributed by atoms with van der Waals surface area (Å²) in [5, 5.41) is 10.1. The van der Waals surface area contributed by atoms with E-state index < -0.39 is 0 Å². The van der Waals surface area contributed by atoms with Crippen LogP contribution in [0, 0.1) is 6.92 Å². The summed E-state index contributed by atoms with van der Waals surface area (Å²) in [7, 11) is 1.85. The topological polar surface area (TPSA) is 71.8 Å². The molecule has 1 amide bonds. The highest BCUT2D eigenvalue weighted by Crippen LogP contribution is 2.02. The van der Waals surface area contributed by atoms with Crippen LogP contribution >= 0.6 is 0 Å². The molecular weight excluding hydrogens is 254 g/mol. The maximum absolute atomic E-state index is 11.8. The summed E-state index contributed by atoms with van der Waals surface area (Å²) in [6, 6.07) is 7.53. The molecule has 0 radical (unpaired) electrons. The number of nitrogens with zero attached hydrogens (tertiary/aromatic N) is 3. The first-order chi connectivity index (χ1) is 9.66. The molecule has 0 aliphatic heterocycles. The summed E-state index contributed by atoms with van der Waals surface area (Å²) in [5.74, 6) is 0.820. The van der Waals surface area contributed by atoms with Crippen molar-refractivity contribution < 1.29 is 4.79 Å². The van der Waals surface area contributed by atoms with Crippen LogP contribution < -0.4 is 10.6 Å². The maximum atomic E-state index is 11.8. The lowest BCUT2D eigenvalue weighted by Gasteiger charge is -2.07. The van der Waals surface area contributed by atoms with Crippen LogP contribution in [0.15, 0.2) is 30.6 Å². The van der Waals surface area contributed by atoms with E-state index in [1.165, 1.54) is 6.33 Å². The van der Waals surface area contributed by atoms with Crippen molar-refractivity contribution >= 4 is 5.91 Å². The van der Waals surface area contributed by atoms with Crippen LogP contribution in [0.3, 0.4) is 0 Å². The van der Waals surface area contributed by atoms with Gasteiger partial charge in [-0.25, -0.2) is 4.98 Å². The number of benzene rings is 1. The number of carbonyl (C=O) groups is 1. The number of carbonyl (C=O) groups excluding carboxylic acids is 1. The monoisotopic (exact) mass is 273 g/mol. The maximum Gasteiger partial charge on any atom is 0.251 e. The molecule has 0 aliphatic rings. The van der Waals surface area contributed by atoms with Gasteiger partial charge in [-0.2, -0.15) is 5.10 Å². The van der Waals surface area contributed by atoms with Crippen molar-refractivity contribution in [1.29, 1.82) is 0 Å². The van der Waals surface area contributed by atoms with E-state index >= 15 is 0 Å². The van der Waals surface area contributed by atoms with Crippen LogP contribution in [0.25, 0.3) is 0 Å². The van der Waals surface area contributed by atoms with Crippen molar-refractivity contribution in [3.05, 3.63) is 47.5 Å². The summed E-state index contributed by atoms with van der Waals surface area (Å²) < 4.78 is 1.72. The zero-order valence-electron chi connectivity index (χ0n) is 11.8. The Morgan fingerprint density at radius 3 is 2.65 bits per heavy atom. The van der Waals surface area contributed by atoms with Gasteiger partial charge in [0.05, 0.1) is 6.54 Å². The fraction of sp³-hybridized carbons (Fsp3) is 0.357. The molecular formula is C14H19N5O. The van der Waals surface area contributed by atoms with Gasteiger partial charge in [-0.1, -0.05) is 17.7 Å².